The smallest absolute Gasteiger partial charge is 0.274 e. The molecule has 164 valence electrons. The number of fused-ring (bicyclic) bond motifs is 1. The monoisotopic (exact) mass is 437 g/mol. The lowest BCUT2D eigenvalue weighted by Crippen LogP contribution is -2.48. The van der Waals surface area contributed by atoms with Gasteiger partial charge in [-0.25, -0.2) is 0 Å². The molecule has 7 heteroatoms. The molecule has 4 aromatic rings. The second-order valence-corrected chi connectivity index (χ2v) is 7.95. The largest absolute Gasteiger partial charge is 0.397 e. The molecule has 0 aliphatic carbocycles. The van der Waals surface area contributed by atoms with Gasteiger partial charge in [0.1, 0.15) is 5.69 Å². The van der Waals surface area contributed by atoms with Crippen molar-refractivity contribution in [3.8, 4) is 11.1 Å². The van der Waals surface area contributed by atoms with E-state index < -0.39 is 0 Å². The predicted molar refractivity (Wildman–Crippen MR) is 131 cm³/mol. The third kappa shape index (κ3) is 4.26. The summed E-state index contributed by atoms with van der Waals surface area (Å²) in [4.78, 5) is 31.2. The Labute approximate surface area is 191 Å². The number of nitrogen functional groups attached to an aromatic ring is 1. The highest BCUT2D eigenvalue weighted by Crippen LogP contribution is 2.28. The van der Waals surface area contributed by atoms with E-state index in [0.717, 1.165) is 34.1 Å². The second kappa shape index (κ2) is 8.72. The van der Waals surface area contributed by atoms with Crippen LogP contribution in [0.4, 0.5) is 17.1 Å². The quantitative estimate of drug-likeness (QED) is 0.423. The van der Waals surface area contributed by atoms with Crippen LogP contribution in [0, 0.1) is 0 Å². The summed E-state index contributed by atoms with van der Waals surface area (Å²) < 4.78 is 0. The molecular weight excluding hydrogens is 414 g/mol. The van der Waals surface area contributed by atoms with Gasteiger partial charge in [0.05, 0.1) is 17.9 Å². The highest BCUT2D eigenvalue weighted by molar-refractivity contribution is 6.07. The van der Waals surface area contributed by atoms with Crippen LogP contribution in [0.25, 0.3) is 21.9 Å². The molecule has 0 radical (unpaired) electrons. The van der Waals surface area contributed by atoms with Crippen molar-refractivity contribution in [3.63, 3.8) is 0 Å². The molecule has 2 amide bonds. The van der Waals surface area contributed by atoms with Crippen molar-refractivity contribution in [2.45, 2.75) is 0 Å². The summed E-state index contributed by atoms with van der Waals surface area (Å²) in [5, 5.41) is 7.68. The van der Waals surface area contributed by atoms with Gasteiger partial charge in [0.15, 0.2) is 0 Å². The van der Waals surface area contributed by atoms with E-state index in [9.17, 15) is 9.59 Å². The van der Waals surface area contributed by atoms with Crippen molar-refractivity contribution < 1.29 is 9.59 Å². The number of carbonyl (C=O) groups excluding carboxylic acids is 2. The standard InChI is InChI=1S/C26H23N5O2/c27-22-9-7-18(17-4-2-1-3-5-17)13-23(22)30-26(33)24-14-19-6-8-21(12-20(19)15-29-24)31-11-10-28-16-25(31)32/h1-9,12-15,28H,10-11,16,27H2,(H,30,33). The molecule has 5 rings (SSSR count). The number of carbonyl (C=O) groups is 2. The van der Waals surface area contributed by atoms with Gasteiger partial charge in [-0.3, -0.25) is 14.6 Å². The van der Waals surface area contributed by atoms with Gasteiger partial charge in [0.2, 0.25) is 5.91 Å². The van der Waals surface area contributed by atoms with Crippen LogP contribution < -0.4 is 21.3 Å². The maximum Gasteiger partial charge on any atom is 0.274 e. The Morgan fingerprint density at radius 3 is 2.64 bits per heavy atom. The maximum absolute atomic E-state index is 12.9. The number of amides is 2. The molecule has 0 spiro atoms. The number of hydrogen-bond acceptors (Lipinski definition) is 5. The minimum Gasteiger partial charge on any atom is -0.397 e. The molecule has 1 fully saturated rings. The van der Waals surface area contributed by atoms with Gasteiger partial charge in [0.25, 0.3) is 5.91 Å². The van der Waals surface area contributed by atoms with Gasteiger partial charge in [-0.15, -0.1) is 0 Å². The van der Waals surface area contributed by atoms with Gasteiger partial charge in [-0.05, 0) is 46.8 Å². The highest BCUT2D eigenvalue weighted by atomic mass is 16.2. The average molecular weight is 438 g/mol. The van der Waals surface area contributed by atoms with Crippen molar-refractivity contribution in [1.29, 1.82) is 0 Å². The fourth-order valence-electron chi connectivity index (χ4n) is 3.96. The molecule has 0 atom stereocenters. The third-order valence-corrected chi connectivity index (χ3v) is 5.75. The Morgan fingerprint density at radius 1 is 0.970 bits per heavy atom. The number of pyridine rings is 1. The molecular formula is C26H23N5O2. The normalized spacial score (nSPS) is 13.8. The first kappa shape index (κ1) is 20.7. The molecule has 4 N–H and O–H groups in total. The van der Waals surface area contributed by atoms with Gasteiger partial charge in [-0.2, -0.15) is 0 Å². The fraction of sp³-hybridized carbons (Fsp3) is 0.115. The van der Waals surface area contributed by atoms with E-state index in [4.69, 9.17) is 5.73 Å². The predicted octanol–water partition coefficient (Wildman–Crippen LogP) is 3.67. The lowest BCUT2D eigenvalue weighted by atomic mass is 10.0. The number of hydrogen-bond donors (Lipinski definition) is 3. The lowest BCUT2D eigenvalue weighted by Gasteiger charge is -2.27. The van der Waals surface area contributed by atoms with Crippen molar-refractivity contribution in [2.75, 3.05) is 35.6 Å². The maximum atomic E-state index is 12.9. The summed E-state index contributed by atoms with van der Waals surface area (Å²) in [5.41, 5.74) is 10.2. The zero-order valence-corrected chi connectivity index (χ0v) is 17.9. The summed E-state index contributed by atoms with van der Waals surface area (Å²) in [6.07, 6.45) is 1.66. The van der Waals surface area contributed by atoms with Crippen LogP contribution in [0.5, 0.6) is 0 Å². The van der Waals surface area contributed by atoms with E-state index in [2.05, 4.69) is 15.6 Å². The summed E-state index contributed by atoms with van der Waals surface area (Å²) in [6, 6.07) is 22.9. The Balaban J connectivity index is 1.39. The summed E-state index contributed by atoms with van der Waals surface area (Å²) in [7, 11) is 0. The van der Waals surface area contributed by atoms with E-state index >= 15 is 0 Å². The molecule has 7 nitrogen and oxygen atoms in total. The van der Waals surface area contributed by atoms with E-state index in [-0.39, 0.29) is 17.5 Å². The average Bonchev–Trinajstić information content (AvgIpc) is 2.85. The Morgan fingerprint density at radius 2 is 1.82 bits per heavy atom. The zero-order valence-electron chi connectivity index (χ0n) is 17.9. The van der Waals surface area contributed by atoms with Crippen LogP contribution in [-0.4, -0.2) is 36.4 Å². The lowest BCUT2D eigenvalue weighted by molar-refractivity contribution is -0.118. The summed E-state index contributed by atoms with van der Waals surface area (Å²) in [5.74, 6) is -0.296. The SMILES string of the molecule is Nc1ccc(-c2ccccc2)cc1NC(=O)c1cc2ccc(N3CCNCC3=O)cc2cn1. The van der Waals surface area contributed by atoms with E-state index in [1.807, 2.05) is 60.7 Å². The number of aromatic nitrogens is 1. The van der Waals surface area contributed by atoms with Crippen LogP contribution in [-0.2, 0) is 4.79 Å². The second-order valence-electron chi connectivity index (χ2n) is 7.95. The number of piperazine rings is 1. The minimum absolute atomic E-state index is 0.0416. The Hall–Kier alpha value is -4.23. The van der Waals surface area contributed by atoms with E-state index in [0.29, 0.717) is 24.5 Å². The van der Waals surface area contributed by atoms with Gasteiger partial charge in [-0.1, -0.05) is 42.5 Å². The fourth-order valence-corrected chi connectivity index (χ4v) is 3.96. The van der Waals surface area contributed by atoms with Crippen molar-refractivity contribution in [3.05, 3.63) is 84.7 Å². The first-order chi connectivity index (χ1) is 16.1. The number of nitrogens with two attached hydrogens (primary N) is 1. The van der Waals surface area contributed by atoms with Crippen molar-refractivity contribution >= 4 is 39.6 Å². The summed E-state index contributed by atoms with van der Waals surface area (Å²) >= 11 is 0. The number of nitrogens with zero attached hydrogens (tertiary/aromatic N) is 2. The molecule has 33 heavy (non-hydrogen) atoms. The Bertz CT molecular complexity index is 1350. The van der Waals surface area contributed by atoms with Crippen LogP contribution in [0.15, 0.2) is 79.0 Å². The molecule has 0 unspecified atom stereocenters. The van der Waals surface area contributed by atoms with Crippen LogP contribution >= 0.6 is 0 Å². The first-order valence-corrected chi connectivity index (χ1v) is 10.8. The molecule has 3 aromatic carbocycles. The van der Waals surface area contributed by atoms with E-state index in [1.165, 1.54) is 0 Å². The zero-order chi connectivity index (χ0) is 22.8. The minimum atomic E-state index is -0.338. The molecule has 1 aliphatic heterocycles. The summed E-state index contributed by atoms with van der Waals surface area (Å²) in [6.45, 7) is 1.72. The van der Waals surface area contributed by atoms with Crippen LogP contribution in [0.1, 0.15) is 10.5 Å². The van der Waals surface area contributed by atoms with E-state index in [1.54, 1.807) is 23.2 Å². The molecule has 0 bridgehead atoms. The highest BCUT2D eigenvalue weighted by Gasteiger charge is 2.19. The molecule has 1 aromatic heterocycles. The van der Waals surface area contributed by atoms with Gasteiger partial charge in [0, 0.05) is 30.4 Å². The number of anilines is 3. The molecule has 1 aliphatic rings. The number of benzene rings is 3. The van der Waals surface area contributed by atoms with Crippen LogP contribution in [0.2, 0.25) is 0 Å². The van der Waals surface area contributed by atoms with Gasteiger partial charge >= 0.3 is 0 Å². The van der Waals surface area contributed by atoms with Crippen molar-refractivity contribution in [1.82, 2.24) is 10.3 Å². The molecule has 1 saturated heterocycles. The third-order valence-electron chi connectivity index (χ3n) is 5.75. The molecule has 0 saturated carbocycles. The van der Waals surface area contributed by atoms with Gasteiger partial charge < -0.3 is 21.3 Å². The first-order valence-electron chi connectivity index (χ1n) is 10.8. The molecule has 2 heterocycles. The topological polar surface area (TPSA) is 100 Å². The Kier molecular flexibility index (Phi) is 5.46. The number of nitrogens with one attached hydrogen (secondary N) is 2. The number of rotatable bonds is 4. The van der Waals surface area contributed by atoms with Crippen LogP contribution in [0.3, 0.4) is 0 Å². The van der Waals surface area contributed by atoms with Crippen molar-refractivity contribution in [2.24, 2.45) is 0 Å².